The van der Waals surface area contributed by atoms with Crippen molar-refractivity contribution in [2.24, 2.45) is 5.73 Å². The quantitative estimate of drug-likeness (QED) is 0.734. The van der Waals surface area contributed by atoms with Crippen LogP contribution in [0.2, 0.25) is 0 Å². The standard InChI is InChI=1S/C18H20N6OS/c1-11(13-4-2-3-7-20-13)21-18-22-14-6-9-26-16(14)15(23-18)17(25)24-8-5-12(19)10-24/h2-4,6-7,9,11-12H,5,8,10,19H2,1H3,(H,21,22,23)/t11?,12-/m0/s1. The van der Waals surface area contributed by atoms with Gasteiger partial charge in [-0.1, -0.05) is 6.07 Å². The van der Waals surface area contributed by atoms with Gasteiger partial charge in [0.1, 0.15) is 0 Å². The molecular weight excluding hydrogens is 348 g/mol. The summed E-state index contributed by atoms with van der Waals surface area (Å²) in [6, 6.07) is 7.64. The lowest BCUT2D eigenvalue weighted by molar-refractivity contribution is 0.0787. The molecule has 4 rings (SSSR count). The Morgan fingerprint density at radius 3 is 3.00 bits per heavy atom. The van der Waals surface area contributed by atoms with E-state index in [1.54, 1.807) is 11.1 Å². The van der Waals surface area contributed by atoms with Crippen LogP contribution in [0.3, 0.4) is 0 Å². The molecular formula is C18H20N6OS. The Kier molecular flexibility index (Phi) is 4.52. The molecule has 1 unspecified atom stereocenters. The molecule has 3 aromatic heterocycles. The smallest absolute Gasteiger partial charge is 0.274 e. The molecule has 1 amide bonds. The van der Waals surface area contributed by atoms with E-state index >= 15 is 0 Å². The van der Waals surface area contributed by atoms with Crippen LogP contribution in [-0.2, 0) is 0 Å². The molecule has 7 nitrogen and oxygen atoms in total. The van der Waals surface area contributed by atoms with E-state index in [4.69, 9.17) is 5.73 Å². The van der Waals surface area contributed by atoms with Gasteiger partial charge in [-0.15, -0.1) is 11.3 Å². The Labute approximate surface area is 155 Å². The monoisotopic (exact) mass is 368 g/mol. The molecule has 8 heteroatoms. The molecule has 134 valence electrons. The molecule has 26 heavy (non-hydrogen) atoms. The van der Waals surface area contributed by atoms with Gasteiger partial charge in [-0.25, -0.2) is 9.97 Å². The second kappa shape index (κ2) is 6.97. The van der Waals surface area contributed by atoms with Gasteiger partial charge in [-0.2, -0.15) is 0 Å². The zero-order chi connectivity index (χ0) is 18.1. The Balaban J connectivity index is 1.65. The van der Waals surface area contributed by atoms with Crippen LogP contribution < -0.4 is 11.1 Å². The van der Waals surface area contributed by atoms with Gasteiger partial charge in [0.15, 0.2) is 5.69 Å². The summed E-state index contributed by atoms with van der Waals surface area (Å²) in [6.45, 7) is 3.23. The number of rotatable bonds is 4. The lowest BCUT2D eigenvalue weighted by atomic mass is 10.2. The lowest BCUT2D eigenvalue weighted by Crippen LogP contribution is -2.32. The number of nitrogens with zero attached hydrogens (tertiary/aromatic N) is 4. The molecule has 3 aromatic rings. The van der Waals surface area contributed by atoms with Crippen molar-refractivity contribution in [3.63, 3.8) is 0 Å². The number of fused-ring (bicyclic) bond motifs is 1. The number of carbonyl (C=O) groups is 1. The van der Waals surface area contributed by atoms with Gasteiger partial charge in [-0.05, 0) is 36.9 Å². The Morgan fingerprint density at radius 1 is 1.38 bits per heavy atom. The van der Waals surface area contributed by atoms with Crippen molar-refractivity contribution < 1.29 is 4.79 Å². The highest BCUT2D eigenvalue weighted by atomic mass is 32.1. The third-order valence-corrected chi connectivity index (χ3v) is 5.41. The number of aromatic nitrogens is 3. The van der Waals surface area contributed by atoms with Crippen molar-refractivity contribution >= 4 is 33.4 Å². The van der Waals surface area contributed by atoms with Crippen LogP contribution in [0.5, 0.6) is 0 Å². The third-order valence-electron chi connectivity index (χ3n) is 4.50. The topological polar surface area (TPSA) is 97.0 Å². The zero-order valence-corrected chi connectivity index (χ0v) is 15.2. The van der Waals surface area contributed by atoms with Gasteiger partial charge in [0.25, 0.3) is 5.91 Å². The number of hydrogen-bond acceptors (Lipinski definition) is 7. The fourth-order valence-electron chi connectivity index (χ4n) is 3.09. The number of hydrogen-bond donors (Lipinski definition) is 2. The summed E-state index contributed by atoms with van der Waals surface area (Å²) >= 11 is 1.48. The minimum atomic E-state index is -0.0821. The van der Waals surface area contributed by atoms with Crippen LogP contribution in [0, 0.1) is 0 Å². The fourth-order valence-corrected chi connectivity index (χ4v) is 3.91. The molecule has 2 atom stereocenters. The van der Waals surface area contributed by atoms with Gasteiger partial charge in [0.2, 0.25) is 5.95 Å². The lowest BCUT2D eigenvalue weighted by Gasteiger charge is -2.17. The summed E-state index contributed by atoms with van der Waals surface area (Å²) in [5.74, 6) is 0.349. The van der Waals surface area contributed by atoms with Crippen LogP contribution in [0.15, 0.2) is 35.8 Å². The summed E-state index contributed by atoms with van der Waals surface area (Å²) in [5, 5.41) is 5.19. The molecule has 0 radical (unpaired) electrons. The van der Waals surface area contributed by atoms with E-state index in [0.29, 0.717) is 24.7 Å². The number of amides is 1. The highest BCUT2D eigenvalue weighted by Crippen LogP contribution is 2.26. The van der Waals surface area contributed by atoms with Gasteiger partial charge in [0, 0.05) is 25.3 Å². The second-order valence-corrected chi connectivity index (χ2v) is 7.37. The fraction of sp³-hybridized carbons (Fsp3) is 0.333. The molecule has 3 N–H and O–H groups in total. The van der Waals surface area contributed by atoms with Gasteiger partial charge >= 0.3 is 0 Å². The third kappa shape index (κ3) is 3.25. The summed E-state index contributed by atoms with van der Waals surface area (Å²) in [6.07, 6.45) is 2.58. The summed E-state index contributed by atoms with van der Waals surface area (Å²) < 4.78 is 0.812. The molecule has 0 spiro atoms. The number of nitrogens with one attached hydrogen (secondary N) is 1. The van der Waals surface area contributed by atoms with Crippen molar-refractivity contribution in [2.75, 3.05) is 18.4 Å². The molecule has 1 aliphatic heterocycles. The SMILES string of the molecule is CC(Nc1nc(C(=O)N2CC[C@H](N)C2)c2sccc2n1)c1ccccn1. The molecule has 0 aliphatic carbocycles. The van der Waals surface area contributed by atoms with Crippen LogP contribution in [0.25, 0.3) is 10.2 Å². The van der Waals surface area contributed by atoms with E-state index in [2.05, 4.69) is 20.3 Å². The van der Waals surface area contributed by atoms with Crippen molar-refractivity contribution in [3.05, 3.63) is 47.2 Å². The van der Waals surface area contributed by atoms with Gasteiger partial charge < -0.3 is 16.0 Å². The number of likely N-dealkylation sites (tertiary alicyclic amines) is 1. The van der Waals surface area contributed by atoms with Crippen molar-refractivity contribution in [3.8, 4) is 0 Å². The number of anilines is 1. The molecule has 0 bridgehead atoms. The molecule has 1 fully saturated rings. The number of nitrogens with two attached hydrogens (primary N) is 1. The Hall–Kier alpha value is -2.58. The molecule has 1 saturated heterocycles. The first-order valence-electron chi connectivity index (χ1n) is 8.59. The maximum atomic E-state index is 13.0. The average molecular weight is 368 g/mol. The molecule has 0 saturated carbocycles. The number of thiophene rings is 1. The average Bonchev–Trinajstić information content (AvgIpc) is 3.30. The predicted octanol–water partition coefficient (Wildman–Crippen LogP) is 2.43. The van der Waals surface area contributed by atoms with E-state index in [1.165, 1.54) is 11.3 Å². The van der Waals surface area contributed by atoms with E-state index in [-0.39, 0.29) is 18.0 Å². The van der Waals surface area contributed by atoms with Crippen molar-refractivity contribution in [2.45, 2.75) is 25.4 Å². The van der Waals surface area contributed by atoms with Crippen molar-refractivity contribution in [1.29, 1.82) is 0 Å². The molecule has 4 heterocycles. The second-order valence-electron chi connectivity index (χ2n) is 6.45. The van der Waals surface area contributed by atoms with Crippen molar-refractivity contribution in [1.82, 2.24) is 19.9 Å². The maximum Gasteiger partial charge on any atom is 0.274 e. The van der Waals surface area contributed by atoms with Gasteiger partial charge in [0.05, 0.1) is 22.0 Å². The zero-order valence-electron chi connectivity index (χ0n) is 14.4. The number of carbonyl (C=O) groups excluding carboxylic acids is 1. The number of pyridine rings is 1. The summed E-state index contributed by atoms with van der Waals surface area (Å²) in [5.41, 5.74) is 8.05. The minimum absolute atomic E-state index is 0.0430. The van der Waals surface area contributed by atoms with Crippen LogP contribution in [0.4, 0.5) is 5.95 Å². The van der Waals surface area contributed by atoms with E-state index < -0.39 is 0 Å². The van der Waals surface area contributed by atoms with Crippen LogP contribution >= 0.6 is 11.3 Å². The van der Waals surface area contributed by atoms with Crippen LogP contribution in [0.1, 0.15) is 35.6 Å². The van der Waals surface area contributed by atoms with Gasteiger partial charge in [-0.3, -0.25) is 9.78 Å². The maximum absolute atomic E-state index is 13.0. The van der Waals surface area contributed by atoms with E-state index in [9.17, 15) is 4.79 Å². The highest BCUT2D eigenvalue weighted by Gasteiger charge is 2.28. The Morgan fingerprint density at radius 2 is 2.27 bits per heavy atom. The normalized spacial score (nSPS) is 18.2. The highest BCUT2D eigenvalue weighted by molar-refractivity contribution is 7.17. The Bertz CT molecular complexity index is 928. The first-order chi connectivity index (χ1) is 12.6. The molecule has 0 aromatic carbocycles. The minimum Gasteiger partial charge on any atom is -0.346 e. The first kappa shape index (κ1) is 16.9. The summed E-state index contributed by atoms with van der Waals surface area (Å²) in [4.78, 5) is 28.2. The largest absolute Gasteiger partial charge is 0.346 e. The van der Waals surface area contributed by atoms with E-state index in [0.717, 1.165) is 22.3 Å². The summed E-state index contributed by atoms with van der Waals surface area (Å²) in [7, 11) is 0. The first-order valence-corrected chi connectivity index (χ1v) is 9.47. The molecule has 1 aliphatic rings. The van der Waals surface area contributed by atoms with E-state index in [1.807, 2.05) is 36.6 Å². The van der Waals surface area contributed by atoms with Crippen LogP contribution in [-0.4, -0.2) is 44.9 Å². The predicted molar refractivity (Wildman–Crippen MR) is 102 cm³/mol.